The quantitative estimate of drug-likeness (QED) is 0.615. The first-order chi connectivity index (χ1) is 9.59. The SMILES string of the molecule is O=COC(C1CCCN1)S(=O)(=O)c1cccc(CBr)c1. The highest BCUT2D eigenvalue weighted by Gasteiger charge is 2.37. The van der Waals surface area contributed by atoms with Gasteiger partial charge in [0.2, 0.25) is 15.3 Å². The van der Waals surface area contributed by atoms with E-state index >= 15 is 0 Å². The molecule has 1 aliphatic heterocycles. The van der Waals surface area contributed by atoms with Crippen LogP contribution in [-0.2, 0) is 24.7 Å². The molecule has 110 valence electrons. The van der Waals surface area contributed by atoms with Gasteiger partial charge in [-0.3, -0.25) is 4.79 Å². The summed E-state index contributed by atoms with van der Waals surface area (Å²) in [7, 11) is -3.72. The number of hydrogen-bond donors (Lipinski definition) is 1. The van der Waals surface area contributed by atoms with Crippen molar-refractivity contribution in [3.63, 3.8) is 0 Å². The number of halogens is 1. The minimum absolute atomic E-state index is 0.176. The summed E-state index contributed by atoms with van der Waals surface area (Å²) < 4.78 is 30.2. The predicted octanol–water partition coefficient (Wildman–Crippen LogP) is 1.61. The van der Waals surface area contributed by atoms with E-state index in [4.69, 9.17) is 4.74 Å². The fourth-order valence-corrected chi connectivity index (χ4v) is 4.38. The third kappa shape index (κ3) is 3.21. The first-order valence-electron chi connectivity index (χ1n) is 6.31. The Balaban J connectivity index is 2.35. The average Bonchev–Trinajstić information content (AvgIpc) is 2.98. The van der Waals surface area contributed by atoms with Crippen LogP contribution in [-0.4, -0.2) is 32.9 Å². The molecular weight excluding hydrogens is 346 g/mol. The van der Waals surface area contributed by atoms with Gasteiger partial charge in [0.1, 0.15) is 0 Å². The summed E-state index contributed by atoms with van der Waals surface area (Å²) >= 11 is 3.30. The zero-order chi connectivity index (χ0) is 14.6. The number of alkyl halides is 1. The summed E-state index contributed by atoms with van der Waals surface area (Å²) in [4.78, 5) is 10.8. The Hall–Kier alpha value is -0.920. The summed E-state index contributed by atoms with van der Waals surface area (Å²) in [5.41, 5.74) is -0.316. The van der Waals surface area contributed by atoms with Gasteiger partial charge < -0.3 is 10.1 Å². The molecule has 0 aromatic heterocycles. The number of rotatable bonds is 6. The van der Waals surface area contributed by atoms with E-state index < -0.39 is 15.3 Å². The molecule has 0 bridgehead atoms. The monoisotopic (exact) mass is 361 g/mol. The zero-order valence-corrected chi connectivity index (χ0v) is 13.2. The van der Waals surface area contributed by atoms with Crippen molar-refractivity contribution in [3.8, 4) is 0 Å². The van der Waals surface area contributed by atoms with Gasteiger partial charge in [0.15, 0.2) is 0 Å². The molecule has 1 saturated heterocycles. The summed E-state index contributed by atoms with van der Waals surface area (Å²) in [6.07, 6.45) is 1.55. The van der Waals surface area contributed by atoms with Crippen molar-refractivity contribution in [1.82, 2.24) is 5.32 Å². The van der Waals surface area contributed by atoms with Crippen molar-refractivity contribution >= 4 is 32.2 Å². The van der Waals surface area contributed by atoms with Crippen molar-refractivity contribution in [1.29, 1.82) is 0 Å². The number of hydrogen-bond acceptors (Lipinski definition) is 5. The number of benzene rings is 1. The van der Waals surface area contributed by atoms with Gasteiger partial charge in [-0.2, -0.15) is 0 Å². The molecule has 1 fully saturated rings. The van der Waals surface area contributed by atoms with Crippen LogP contribution in [0.1, 0.15) is 18.4 Å². The van der Waals surface area contributed by atoms with Crippen molar-refractivity contribution in [2.75, 3.05) is 6.54 Å². The van der Waals surface area contributed by atoms with E-state index in [1.807, 2.05) is 6.07 Å². The van der Waals surface area contributed by atoms with E-state index in [1.165, 1.54) is 6.07 Å². The molecule has 5 nitrogen and oxygen atoms in total. The lowest BCUT2D eigenvalue weighted by atomic mass is 10.2. The smallest absolute Gasteiger partial charge is 0.294 e. The van der Waals surface area contributed by atoms with Gasteiger partial charge in [-0.05, 0) is 37.1 Å². The van der Waals surface area contributed by atoms with Gasteiger partial charge in [-0.1, -0.05) is 28.1 Å². The molecule has 1 aromatic rings. The fourth-order valence-electron chi connectivity index (χ4n) is 2.32. The molecule has 0 spiro atoms. The normalized spacial score (nSPS) is 20.6. The molecule has 1 aliphatic rings. The van der Waals surface area contributed by atoms with Crippen LogP contribution in [0.2, 0.25) is 0 Å². The van der Waals surface area contributed by atoms with Crippen molar-refractivity contribution in [2.24, 2.45) is 0 Å². The van der Waals surface area contributed by atoms with Crippen LogP contribution in [0.15, 0.2) is 29.2 Å². The highest BCUT2D eigenvalue weighted by molar-refractivity contribution is 9.08. The second-order valence-electron chi connectivity index (χ2n) is 4.63. The Bertz CT molecular complexity index is 569. The molecule has 2 atom stereocenters. The minimum atomic E-state index is -3.72. The summed E-state index contributed by atoms with van der Waals surface area (Å²) in [6, 6.07) is 6.29. The molecule has 0 aliphatic carbocycles. The molecular formula is C13H16BrNO4S. The first kappa shape index (κ1) is 15.5. The highest BCUT2D eigenvalue weighted by Crippen LogP contribution is 2.24. The van der Waals surface area contributed by atoms with Crippen molar-refractivity contribution in [2.45, 2.75) is 34.5 Å². The van der Waals surface area contributed by atoms with Gasteiger partial charge in [0.25, 0.3) is 6.47 Å². The van der Waals surface area contributed by atoms with E-state index in [0.717, 1.165) is 18.5 Å². The topological polar surface area (TPSA) is 72.5 Å². The third-order valence-corrected chi connectivity index (χ3v) is 5.91. The Morgan fingerprint density at radius 3 is 2.90 bits per heavy atom. The van der Waals surface area contributed by atoms with Crippen LogP contribution < -0.4 is 5.32 Å². The Morgan fingerprint density at radius 2 is 2.30 bits per heavy atom. The maximum atomic E-state index is 12.6. The Morgan fingerprint density at radius 1 is 1.50 bits per heavy atom. The molecule has 1 aromatic carbocycles. The number of carbonyl (C=O) groups excluding carboxylic acids is 1. The third-order valence-electron chi connectivity index (χ3n) is 3.30. The first-order valence-corrected chi connectivity index (χ1v) is 8.97. The minimum Gasteiger partial charge on any atom is -0.446 e. The molecule has 0 saturated carbocycles. The largest absolute Gasteiger partial charge is 0.446 e. The Labute approximate surface area is 126 Å². The van der Waals surface area contributed by atoms with Crippen molar-refractivity contribution in [3.05, 3.63) is 29.8 Å². The molecule has 7 heteroatoms. The molecule has 0 radical (unpaired) electrons. The standard InChI is InChI=1S/C13H16BrNO4S/c14-8-10-3-1-4-11(7-10)20(17,18)13(19-9-16)12-5-2-6-15-12/h1,3-4,7,9,12-13,15H,2,5-6,8H2. The molecule has 1 heterocycles. The number of ether oxygens (including phenoxy) is 1. The van der Waals surface area contributed by atoms with Gasteiger partial charge in [-0.25, -0.2) is 8.42 Å². The second kappa shape index (κ2) is 6.69. The number of carbonyl (C=O) groups is 1. The van der Waals surface area contributed by atoms with Crippen LogP contribution >= 0.6 is 15.9 Å². The predicted molar refractivity (Wildman–Crippen MR) is 78.2 cm³/mol. The second-order valence-corrected chi connectivity index (χ2v) is 7.22. The van der Waals surface area contributed by atoms with Gasteiger partial charge >= 0.3 is 0 Å². The average molecular weight is 362 g/mol. The zero-order valence-electron chi connectivity index (χ0n) is 10.8. The molecule has 2 unspecified atom stereocenters. The van der Waals surface area contributed by atoms with Crippen molar-refractivity contribution < 1.29 is 17.9 Å². The van der Waals surface area contributed by atoms with Crippen LogP contribution in [0.4, 0.5) is 0 Å². The lowest BCUT2D eigenvalue weighted by Crippen LogP contribution is -2.42. The lowest BCUT2D eigenvalue weighted by Gasteiger charge is -2.22. The van der Waals surface area contributed by atoms with E-state index in [-0.39, 0.29) is 17.4 Å². The maximum Gasteiger partial charge on any atom is 0.294 e. The number of nitrogens with one attached hydrogen (secondary N) is 1. The molecule has 20 heavy (non-hydrogen) atoms. The van der Waals surface area contributed by atoms with Crippen LogP contribution in [0.25, 0.3) is 0 Å². The van der Waals surface area contributed by atoms with Gasteiger partial charge in [0.05, 0.1) is 10.9 Å². The fraction of sp³-hybridized carbons (Fsp3) is 0.462. The molecule has 0 amide bonds. The lowest BCUT2D eigenvalue weighted by molar-refractivity contribution is -0.131. The molecule has 1 N–H and O–H groups in total. The van der Waals surface area contributed by atoms with Gasteiger partial charge in [-0.15, -0.1) is 0 Å². The maximum absolute atomic E-state index is 12.6. The number of sulfone groups is 1. The summed E-state index contributed by atoms with van der Waals surface area (Å²) in [5, 5.41) is 3.64. The van der Waals surface area contributed by atoms with Crippen LogP contribution in [0, 0.1) is 0 Å². The van der Waals surface area contributed by atoms with E-state index in [2.05, 4.69) is 21.2 Å². The highest BCUT2D eigenvalue weighted by atomic mass is 79.9. The van der Waals surface area contributed by atoms with Crippen LogP contribution in [0.5, 0.6) is 0 Å². The van der Waals surface area contributed by atoms with Crippen LogP contribution in [0.3, 0.4) is 0 Å². The Kier molecular flexibility index (Phi) is 5.17. The van der Waals surface area contributed by atoms with E-state index in [9.17, 15) is 13.2 Å². The van der Waals surface area contributed by atoms with Gasteiger partial charge in [0, 0.05) is 5.33 Å². The summed E-state index contributed by atoms with van der Waals surface area (Å²) in [5.74, 6) is 0. The van der Waals surface area contributed by atoms with E-state index in [1.54, 1.807) is 12.1 Å². The molecule has 2 rings (SSSR count). The summed E-state index contributed by atoms with van der Waals surface area (Å²) in [6.45, 7) is 0.941. The van der Waals surface area contributed by atoms with E-state index in [0.29, 0.717) is 11.8 Å².